The quantitative estimate of drug-likeness (QED) is 0.680. The van der Waals surface area contributed by atoms with E-state index in [4.69, 9.17) is 9.84 Å². The van der Waals surface area contributed by atoms with Crippen LogP contribution in [-0.2, 0) is 4.74 Å². The van der Waals surface area contributed by atoms with Crippen molar-refractivity contribution in [2.24, 2.45) is 0 Å². The minimum absolute atomic E-state index is 0.0931. The first kappa shape index (κ1) is 16.1. The first-order chi connectivity index (χ1) is 10.6. The van der Waals surface area contributed by atoms with Crippen LogP contribution in [0.2, 0.25) is 0 Å². The third kappa shape index (κ3) is 3.49. The van der Waals surface area contributed by atoms with E-state index >= 15 is 0 Å². The lowest BCUT2D eigenvalue weighted by molar-refractivity contribution is 0.0527. The second kappa shape index (κ2) is 7.15. The van der Waals surface area contributed by atoms with Crippen LogP contribution in [0.25, 0.3) is 11.0 Å². The first-order valence-corrected chi connectivity index (χ1v) is 7.03. The number of aromatic nitrogens is 2. The fourth-order valence-electron chi connectivity index (χ4n) is 2.01. The van der Waals surface area contributed by atoms with Crippen LogP contribution in [0.15, 0.2) is 18.3 Å². The predicted molar refractivity (Wildman–Crippen MR) is 81.8 cm³/mol. The molecule has 2 rings (SSSR count). The van der Waals surface area contributed by atoms with Crippen LogP contribution in [0.4, 0.5) is 5.69 Å². The van der Waals surface area contributed by atoms with Gasteiger partial charge in [0.05, 0.1) is 25.0 Å². The molecule has 7 nitrogen and oxygen atoms in total. The average Bonchev–Trinajstić information content (AvgIpc) is 2.51. The average molecular weight is 305 g/mol. The number of nitrogens with one attached hydrogen (secondary N) is 1. The van der Waals surface area contributed by atoms with Gasteiger partial charge in [0.1, 0.15) is 5.56 Å². The predicted octanol–water partition coefficient (Wildman–Crippen LogP) is 0.880. The first-order valence-electron chi connectivity index (χ1n) is 7.03. The molecule has 0 aromatic carbocycles. The Balaban J connectivity index is 2.48. The van der Waals surface area contributed by atoms with Crippen LogP contribution in [0.1, 0.15) is 23.0 Å². The molecular formula is C15H19N3O4. The summed E-state index contributed by atoms with van der Waals surface area (Å²) in [6, 6.07) is 3.62. The number of pyridine rings is 2. The number of hydrogen-bond acceptors (Lipinski definition) is 7. The molecule has 1 unspecified atom stereocenters. The van der Waals surface area contributed by atoms with Gasteiger partial charge in [0.25, 0.3) is 0 Å². The number of aliphatic hydroxyl groups is 2. The molecule has 22 heavy (non-hydrogen) atoms. The summed E-state index contributed by atoms with van der Waals surface area (Å²) in [4.78, 5) is 20.6. The van der Waals surface area contributed by atoms with E-state index in [2.05, 4.69) is 15.3 Å². The van der Waals surface area contributed by atoms with Crippen LogP contribution in [0, 0.1) is 6.92 Å². The zero-order chi connectivity index (χ0) is 16.1. The largest absolute Gasteiger partial charge is 0.462 e. The van der Waals surface area contributed by atoms with Crippen molar-refractivity contribution >= 4 is 22.7 Å². The second-order valence-corrected chi connectivity index (χ2v) is 4.81. The third-order valence-electron chi connectivity index (χ3n) is 3.09. The second-order valence-electron chi connectivity index (χ2n) is 4.81. The van der Waals surface area contributed by atoms with Gasteiger partial charge in [0.15, 0.2) is 5.65 Å². The van der Waals surface area contributed by atoms with Crippen LogP contribution in [0.3, 0.4) is 0 Å². The number of fused-ring (bicyclic) bond motifs is 1. The smallest absolute Gasteiger partial charge is 0.341 e. The van der Waals surface area contributed by atoms with E-state index in [9.17, 15) is 9.90 Å². The fourth-order valence-corrected chi connectivity index (χ4v) is 2.01. The van der Waals surface area contributed by atoms with Crippen molar-refractivity contribution in [1.82, 2.24) is 9.97 Å². The van der Waals surface area contributed by atoms with Crippen molar-refractivity contribution in [3.05, 3.63) is 29.6 Å². The monoisotopic (exact) mass is 305 g/mol. The molecule has 7 heteroatoms. The molecule has 0 radical (unpaired) electrons. The fraction of sp³-hybridized carbons (Fsp3) is 0.400. The lowest BCUT2D eigenvalue weighted by Gasteiger charge is -2.15. The molecule has 0 aliphatic rings. The number of nitrogens with zero attached hydrogens (tertiary/aromatic N) is 2. The molecule has 0 spiro atoms. The van der Waals surface area contributed by atoms with Crippen molar-refractivity contribution < 1.29 is 19.7 Å². The molecule has 0 bridgehead atoms. The number of aliphatic hydroxyl groups excluding tert-OH is 2. The summed E-state index contributed by atoms with van der Waals surface area (Å²) in [5, 5.41) is 22.1. The SMILES string of the molecule is CCOC(=O)c1cnc2nc(C)ccc2c1NCC(O)CO. The van der Waals surface area contributed by atoms with E-state index < -0.39 is 12.1 Å². The number of aryl methyl sites for hydroxylation is 1. The number of rotatable bonds is 6. The summed E-state index contributed by atoms with van der Waals surface area (Å²) in [6.45, 7) is 3.54. The van der Waals surface area contributed by atoms with Crippen LogP contribution in [-0.4, -0.2) is 52.0 Å². The highest BCUT2D eigenvalue weighted by Gasteiger charge is 2.18. The van der Waals surface area contributed by atoms with Gasteiger partial charge in [-0.05, 0) is 26.0 Å². The van der Waals surface area contributed by atoms with Gasteiger partial charge < -0.3 is 20.3 Å². The van der Waals surface area contributed by atoms with Gasteiger partial charge in [0.2, 0.25) is 0 Å². The molecule has 2 aromatic heterocycles. The van der Waals surface area contributed by atoms with Crippen molar-refractivity contribution in [3.63, 3.8) is 0 Å². The Bertz CT molecular complexity index is 675. The number of carbonyl (C=O) groups is 1. The Morgan fingerprint density at radius 1 is 1.45 bits per heavy atom. The summed E-state index contributed by atoms with van der Waals surface area (Å²) >= 11 is 0. The van der Waals surface area contributed by atoms with Crippen molar-refractivity contribution in [3.8, 4) is 0 Å². The van der Waals surface area contributed by atoms with Crippen LogP contribution < -0.4 is 5.32 Å². The highest BCUT2D eigenvalue weighted by molar-refractivity contribution is 6.04. The molecule has 0 aliphatic carbocycles. The van der Waals surface area contributed by atoms with E-state index in [1.54, 1.807) is 13.0 Å². The number of ether oxygens (including phenoxy) is 1. The van der Waals surface area contributed by atoms with Gasteiger partial charge in [-0.2, -0.15) is 0 Å². The molecular weight excluding hydrogens is 286 g/mol. The Hall–Kier alpha value is -2.25. The maximum absolute atomic E-state index is 12.1. The number of esters is 1. The normalized spacial score (nSPS) is 12.2. The molecule has 0 aliphatic heterocycles. The van der Waals surface area contributed by atoms with Crippen molar-refractivity contribution in [1.29, 1.82) is 0 Å². The molecule has 2 heterocycles. The van der Waals surface area contributed by atoms with E-state index in [0.29, 0.717) is 16.7 Å². The van der Waals surface area contributed by atoms with Gasteiger partial charge in [0, 0.05) is 23.8 Å². The van der Waals surface area contributed by atoms with Gasteiger partial charge in [-0.25, -0.2) is 14.8 Å². The summed E-state index contributed by atoms with van der Waals surface area (Å²) in [6.07, 6.45) is 0.470. The summed E-state index contributed by atoms with van der Waals surface area (Å²) in [7, 11) is 0. The number of anilines is 1. The maximum Gasteiger partial charge on any atom is 0.341 e. The topological polar surface area (TPSA) is 105 Å². The van der Waals surface area contributed by atoms with Crippen molar-refractivity contribution in [2.45, 2.75) is 20.0 Å². The molecule has 0 fully saturated rings. The summed E-state index contributed by atoms with van der Waals surface area (Å²) in [5.41, 5.74) is 2.06. The van der Waals surface area contributed by atoms with Gasteiger partial charge in [-0.1, -0.05) is 0 Å². The van der Waals surface area contributed by atoms with E-state index in [-0.39, 0.29) is 25.3 Å². The summed E-state index contributed by atoms with van der Waals surface area (Å²) < 4.78 is 5.02. The Morgan fingerprint density at radius 3 is 2.91 bits per heavy atom. The van der Waals surface area contributed by atoms with Gasteiger partial charge >= 0.3 is 5.97 Å². The zero-order valence-electron chi connectivity index (χ0n) is 12.5. The minimum Gasteiger partial charge on any atom is -0.462 e. The van der Waals surface area contributed by atoms with Crippen LogP contribution in [0.5, 0.6) is 0 Å². The number of hydrogen-bond donors (Lipinski definition) is 3. The Kier molecular flexibility index (Phi) is 5.24. The lowest BCUT2D eigenvalue weighted by Crippen LogP contribution is -2.24. The standard InChI is InChI=1S/C15H19N3O4/c1-3-22-15(21)12-7-17-14-11(5-4-9(2)18-14)13(12)16-6-10(20)8-19/h4-5,7,10,19-20H,3,6,8H2,1-2H3,(H,16,17,18). The molecule has 118 valence electrons. The van der Waals surface area contributed by atoms with Crippen molar-refractivity contribution in [2.75, 3.05) is 25.1 Å². The molecule has 1 atom stereocenters. The molecule has 0 saturated heterocycles. The minimum atomic E-state index is -0.934. The van der Waals surface area contributed by atoms with Crippen LogP contribution >= 0.6 is 0 Å². The number of carbonyl (C=O) groups excluding carboxylic acids is 1. The van der Waals surface area contributed by atoms with E-state index in [1.807, 2.05) is 13.0 Å². The maximum atomic E-state index is 12.1. The van der Waals surface area contributed by atoms with E-state index in [1.165, 1.54) is 6.20 Å². The zero-order valence-corrected chi connectivity index (χ0v) is 12.5. The van der Waals surface area contributed by atoms with Gasteiger partial charge in [-0.15, -0.1) is 0 Å². The van der Waals surface area contributed by atoms with E-state index in [0.717, 1.165) is 5.69 Å². The summed E-state index contributed by atoms with van der Waals surface area (Å²) in [5.74, 6) is -0.501. The molecule has 3 N–H and O–H groups in total. The Labute approximate surface area is 128 Å². The lowest BCUT2D eigenvalue weighted by atomic mass is 10.1. The molecule has 0 amide bonds. The van der Waals surface area contributed by atoms with Gasteiger partial charge in [-0.3, -0.25) is 0 Å². The highest BCUT2D eigenvalue weighted by Crippen LogP contribution is 2.26. The molecule has 2 aromatic rings. The highest BCUT2D eigenvalue weighted by atomic mass is 16.5. The molecule has 0 saturated carbocycles. The Morgan fingerprint density at radius 2 is 2.23 bits per heavy atom. The third-order valence-corrected chi connectivity index (χ3v) is 3.09.